The van der Waals surface area contributed by atoms with Crippen molar-refractivity contribution in [1.29, 1.82) is 0 Å². The van der Waals surface area contributed by atoms with E-state index in [2.05, 4.69) is 36.6 Å². The number of nitrogens with zero attached hydrogens (tertiary/aromatic N) is 2. The highest BCUT2D eigenvalue weighted by Gasteiger charge is 2.08. The molecule has 0 unspecified atom stereocenters. The first-order valence-corrected chi connectivity index (χ1v) is 6.89. The molecule has 0 aliphatic heterocycles. The summed E-state index contributed by atoms with van der Waals surface area (Å²) < 4.78 is 18.8. The molecule has 6 nitrogen and oxygen atoms in total. The summed E-state index contributed by atoms with van der Waals surface area (Å²) in [5.74, 6) is 6.54. The first-order chi connectivity index (χ1) is 10.0. The van der Waals surface area contributed by atoms with Crippen molar-refractivity contribution in [3.63, 3.8) is 0 Å². The van der Waals surface area contributed by atoms with Gasteiger partial charge in [0.15, 0.2) is 5.82 Å². The molecule has 0 radical (unpaired) electrons. The summed E-state index contributed by atoms with van der Waals surface area (Å²) >= 11 is 3.16. The quantitative estimate of drug-likeness (QED) is 0.564. The first kappa shape index (κ1) is 15.6. The Morgan fingerprint density at radius 1 is 1.29 bits per heavy atom. The molecule has 1 aromatic heterocycles. The van der Waals surface area contributed by atoms with Crippen LogP contribution in [0.2, 0.25) is 0 Å². The molecule has 0 atom stereocenters. The van der Waals surface area contributed by atoms with E-state index in [0.717, 1.165) is 11.3 Å². The van der Waals surface area contributed by atoms with Crippen LogP contribution in [0, 0.1) is 12.7 Å². The fraction of sp³-hybridized carbons (Fsp3) is 0.231. The number of methoxy groups -OCH3 is 1. The second-order valence-electron chi connectivity index (χ2n) is 4.34. The van der Waals surface area contributed by atoms with E-state index < -0.39 is 0 Å². The van der Waals surface area contributed by atoms with Crippen LogP contribution in [0.25, 0.3) is 0 Å². The Morgan fingerprint density at radius 2 is 2.00 bits per heavy atom. The molecule has 0 spiro atoms. The Kier molecular flexibility index (Phi) is 5.05. The zero-order valence-corrected chi connectivity index (χ0v) is 13.2. The Labute approximate surface area is 130 Å². The zero-order chi connectivity index (χ0) is 15.4. The molecule has 2 aromatic rings. The van der Waals surface area contributed by atoms with E-state index in [0.29, 0.717) is 21.9 Å². The van der Waals surface area contributed by atoms with Crippen LogP contribution in [0.1, 0.15) is 11.4 Å². The van der Waals surface area contributed by atoms with Crippen LogP contribution in [0.15, 0.2) is 22.7 Å². The number of nitrogens with one attached hydrogen (secondary N) is 2. The van der Waals surface area contributed by atoms with Gasteiger partial charge in [-0.05, 0) is 40.5 Å². The van der Waals surface area contributed by atoms with E-state index in [4.69, 9.17) is 10.6 Å². The van der Waals surface area contributed by atoms with Crippen LogP contribution in [0.5, 0.6) is 0 Å². The van der Waals surface area contributed by atoms with E-state index in [1.165, 1.54) is 6.07 Å². The lowest BCUT2D eigenvalue weighted by atomic mass is 10.2. The van der Waals surface area contributed by atoms with E-state index >= 15 is 0 Å². The number of benzene rings is 1. The highest BCUT2D eigenvalue weighted by atomic mass is 79.9. The van der Waals surface area contributed by atoms with Gasteiger partial charge in [-0.15, -0.1) is 0 Å². The van der Waals surface area contributed by atoms with Crippen LogP contribution in [0.4, 0.5) is 21.7 Å². The van der Waals surface area contributed by atoms with Gasteiger partial charge in [-0.1, -0.05) is 0 Å². The summed E-state index contributed by atoms with van der Waals surface area (Å²) in [7, 11) is 1.56. The predicted molar refractivity (Wildman–Crippen MR) is 82.7 cm³/mol. The Bertz CT molecular complexity index is 653. The summed E-state index contributed by atoms with van der Waals surface area (Å²) in [6.45, 7) is 2.06. The second kappa shape index (κ2) is 6.79. The van der Waals surface area contributed by atoms with Crippen molar-refractivity contribution in [3.05, 3.63) is 39.9 Å². The maximum atomic E-state index is 13.4. The number of aromatic nitrogens is 2. The third kappa shape index (κ3) is 3.87. The standard InChI is InChI=1S/C13H15BrFN5O/c1-7-3-9(15)8(14)4-10(7)17-11-5-12(20-16)19-13(18-11)6-21-2/h3-5H,6,16H2,1-2H3,(H2,17,18,19,20). The fourth-order valence-electron chi connectivity index (χ4n) is 1.75. The second-order valence-corrected chi connectivity index (χ2v) is 5.19. The molecular weight excluding hydrogens is 341 g/mol. The van der Waals surface area contributed by atoms with Gasteiger partial charge in [-0.2, -0.15) is 0 Å². The molecule has 21 heavy (non-hydrogen) atoms. The van der Waals surface area contributed by atoms with Crippen molar-refractivity contribution in [3.8, 4) is 0 Å². The molecule has 1 aromatic carbocycles. The highest BCUT2D eigenvalue weighted by molar-refractivity contribution is 9.10. The number of anilines is 3. The van der Waals surface area contributed by atoms with E-state index in [1.807, 2.05) is 0 Å². The average molecular weight is 356 g/mol. The molecule has 0 saturated carbocycles. The Hall–Kier alpha value is -1.77. The largest absolute Gasteiger partial charge is 0.377 e. The normalized spacial score (nSPS) is 10.5. The van der Waals surface area contributed by atoms with Gasteiger partial charge in [0.2, 0.25) is 0 Å². The highest BCUT2D eigenvalue weighted by Crippen LogP contribution is 2.27. The number of hydrazine groups is 1. The summed E-state index contributed by atoms with van der Waals surface area (Å²) in [5.41, 5.74) is 3.96. The minimum Gasteiger partial charge on any atom is -0.377 e. The molecule has 0 saturated heterocycles. The number of nitrogen functional groups attached to an aromatic ring is 1. The molecule has 0 fully saturated rings. The van der Waals surface area contributed by atoms with Crippen LogP contribution >= 0.6 is 15.9 Å². The minimum absolute atomic E-state index is 0.260. The number of hydrogen-bond acceptors (Lipinski definition) is 6. The van der Waals surface area contributed by atoms with E-state index in [1.54, 1.807) is 26.2 Å². The lowest BCUT2D eigenvalue weighted by molar-refractivity contribution is 0.178. The third-order valence-corrected chi connectivity index (χ3v) is 3.33. The van der Waals surface area contributed by atoms with Gasteiger partial charge in [0.25, 0.3) is 0 Å². The van der Waals surface area contributed by atoms with Crippen molar-refractivity contribution in [2.24, 2.45) is 5.84 Å². The maximum absolute atomic E-state index is 13.4. The van der Waals surface area contributed by atoms with Gasteiger partial charge < -0.3 is 15.5 Å². The molecule has 0 bridgehead atoms. The number of ether oxygens (including phenoxy) is 1. The fourth-order valence-corrected chi connectivity index (χ4v) is 2.09. The lowest BCUT2D eigenvalue weighted by Crippen LogP contribution is -2.12. The molecule has 0 aliphatic carbocycles. The molecule has 0 amide bonds. The SMILES string of the molecule is COCc1nc(NN)cc(Nc2cc(Br)c(F)cc2C)n1. The van der Waals surface area contributed by atoms with Gasteiger partial charge in [-0.3, -0.25) is 0 Å². The Balaban J connectivity index is 2.34. The number of hydrogen-bond donors (Lipinski definition) is 3. The van der Waals surface area contributed by atoms with Crippen molar-refractivity contribution >= 4 is 33.3 Å². The van der Waals surface area contributed by atoms with Gasteiger partial charge in [0.05, 0.1) is 4.47 Å². The molecule has 0 aliphatic rings. The maximum Gasteiger partial charge on any atom is 0.158 e. The number of halogens is 2. The minimum atomic E-state index is -0.315. The lowest BCUT2D eigenvalue weighted by Gasteiger charge is -2.12. The molecule has 1 heterocycles. The van der Waals surface area contributed by atoms with Crippen LogP contribution in [-0.4, -0.2) is 17.1 Å². The summed E-state index contributed by atoms with van der Waals surface area (Å²) in [6.07, 6.45) is 0. The molecule has 112 valence electrons. The number of nitrogens with two attached hydrogens (primary N) is 1. The van der Waals surface area contributed by atoms with Gasteiger partial charge >= 0.3 is 0 Å². The zero-order valence-electron chi connectivity index (χ0n) is 11.6. The van der Waals surface area contributed by atoms with Crippen molar-refractivity contribution in [2.75, 3.05) is 17.9 Å². The van der Waals surface area contributed by atoms with Crippen LogP contribution in [-0.2, 0) is 11.3 Å². The summed E-state index contributed by atoms with van der Waals surface area (Å²) in [4.78, 5) is 8.46. The summed E-state index contributed by atoms with van der Waals surface area (Å²) in [6, 6.07) is 4.74. The molecule has 2 rings (SSSR count). The molecule has 8 heteroatoms. The van der Waals surface area contributed by atoms with Gasteiger partial charge in [0.1, 0.15) is 24.1 Å². The van der Waals surface area contributed by atoms with E-state index in [9.17, 15) is 4.39 Å². The average Bonchev–Trinajstić information content (AvgIpc) is 2.45. The van der Waals surface area contributed by atoms with E-state index in [-0.39, 0.29) is 12.4 Å². The topological polar surface area (TPSA) is 85.1 Å². The van der Waals surface area contributed by atoms with Crippen molar-refractivity contribution < 1.29 is 9.13 Å². The number of aryl methyl sites for hydroxylation is 1. The predicted octanol–water partition coefficient (Wildman–Crippen LogP) is 2.86. The smallest absolute Gasteiger partial charge is 0.158 e. The Morgan fingerprint density at radius 3 is 2.67 bits per heavy atom. The monoisotopic (exact) mass is 355 g/mol. The van der Waals surface area contributed by atoms with Crippen molar-refractivity contribution in [1.82, 2.24) is 9.97 Å². The summed E-state index contributed by atoms with van der Waals surface area (Å²) in [5, 5.41) is 3.11. The van der Waals surface area contributed by atoms with Gasteiger partial charge in [0, 0.05) is 18.9 Å². The molecule has 4 N–H and O–H groups in total. The van der Waals surface area contributed by atoms with Crippen molar-refractivity contribution in [2.45, 2.75) is 13.5 Å². The van der Waals surface area contributed by atoms with Gasteiger partial charge in [-0.25, -0.2) is 20.2 Å². The van der Waals surface area contributed by atoms with Crippen LogP contribution in [0.3, 0.4) is 0 Å². The van der Waals surface area contributed by atoms with Crippen LogP contribution < -0.4 is 16.6 Å². The molecular formula is C13H15BrFN5O. The number of rotatable bonds is 5. The third-order valence-electron chi connectivity index (χ3n) is 2.72. The first-order valence-electron chi connectivity index (χ1n) is 6.09.